The van der Waals surface area contributed by atoms with Gasteiger partial charge in [-0.15, -0.1) is 0 Å². The van der Waals surface area contributed by atoms with Crippen LogP contribution in [0.4, 0.5) is 18.0 Å². The molecule has 13 heteroatoms. The normalized spacial score (nSPS) is 17.2. The van der Waals surface area contributed by atoms with Crippen molar-refractivity contribution in [3.63, 3.8) is 0 Å². The Hall–Kier alpha value is -6.31. The van der Waals surface area contributed by atoms with Gasteiger partial charge in [0.2, 0.25) is 0 Å². The summed E-state index contributed by atoms with van der Waals surface area (Å²) >= 11 is 0.783. The van der Waals surface area contributed by atoms with E-state index in [4.69, 9.17) is 0 Å². The molecule has 2 aliphatic rings. The molecule has 0 radical (unpaired) electrons. The fourth-order valence-electron chi connectivity index (χ4n) is 7.82. The number of carbonyl (C=O) groups is 5. The first-order valence-corrected chi connectivity index (χ1v) is 20.3. The van der Waals surface area contributed by atoms with Gasteiger partial charge in [0.15, 0.2) is 5.78 Å². The van der Waals surface area contributed by atoms with Gasteiger partial charge < -0.3 is 10.2 Å². The Kier molecular flexibility index (Phi) is 12.8. The second-order valence-electron chi connectivity index (χ2n) is 15.1. The minimum absolute atomic E-state index is 0.0347. The van der Waals surface area contributed by atoms with E-state index in [0.717, 1.165) is 41.1 Å². The van der Waals surface area contributed by atoms with Gasteiger partial charge in [0.05, 0.1) is 28.1 Å². The topological polar surface area (TPSA) is 116 Å². The molecular formula is C47H41F3N4O5S. The Morgan fingerprint density at radius 1 is 0.833 bits per heavy atom. The molecule has 0 aliphatic carbocycles. The summed E-state index contributed by atoms with van der Waals surface area (Å²) in [5.41, 5.74) is 1.50. The average molecular weight is 831 g/mol. The predicted molar refractivity (Wildman–Crippen MR) is 224 cm³/mol. The average Bonchev–Trinajstić information content (AvgIpc) is 3.81. The number of nitrogens with one attached hydrogen (secondary N) is 2. The fourth-order valence-corrected chi connectivity index (χ4v) is 8.50. The standard InChI is InChI=1S/C47H41F3N4O5S/c1-28(2)26-53(42(30-10-5-3-6-11-30)31-12-7-4-8-13-31)35-24-34(25-51-44(56)32-18-16-29(17-19-32)22-40-45(57)52-47(59)60-40)54(27-35)46(58)41-37(14-9-15-38(41)49)43(55)36-21-20-33(48)23-39(36)50/h3-23,28,34-35,42H,24-27H2,1-2H3,(H,51,56)(H,52,57,59)/b40-22-/t34-,35+/m0/s1. The van der Waals surface area contributed by atoms with Crippen LogP contribution in [0.1, 0.15) is 79.6 Å². The number of thioether (sulfide) groups is 1. The van der Waals surface area contributed by atoms with Crippen molar-refractivity contribution in [2.45, 2.75) is 38.4 Å². The number of hydrogen-bond acceptors (Lipinski definition) is 7. The maximum atomic E-state index is 16.0. The minimum atomic E-state index is -1.15. The van der Waals surface area contributed by atoms with Crippen molar-refractivity contribution in [3.8, 4) is 0 Å². The van der Waals surface area contributed by atoms with Crippen LogP contribution < -0.4 is 10.6 Å². The maximum Gasteiger partial charge on any atom is 0.290 e. The number of hydrogen-bond donors (Lipinski definition) is 2. The first-order valence-electron chi connectivity index (χ1n) is 19.5. The zero-order chi connectivity index (χ0) is 42.5. The number of imide groups is 1. The SMILES string of the molecule is CC(C)CN(C(c1ccccc1)c1ccccc1)[C@@H]1C[C@@H](CNC(=O)c2ccc(/C=C3\SC(=O)NC3=O)cc2)N(C(=O)c2c(F)cccc2C(=O)c2ccc(F)cc2F)C1. The van der Waals surface area contributed by atoms with E-state index in [0.29, 0.717) is 30.2 Å². The van der Waals surface area contributed by atoms with Crippen LogP contribution >= 0.6 is 11.8 Å². The monoisotopic (exact) mass is 830 g/mol. The largest absolute Gasteiger partial charge is 0.350 e. The fraction of sp³-hybridized carbons (Fsp3) is 0.213. The number of likely N-dealkylation sites (tertiary alicyclic amines) is 1. The highest BCUT2D eigenvalue weighted by Gasteiger charge is 2.43. The van der Waals surface area contributed by atoms with Crippen LogP contribution in [0.2, 0.25) is 0 Å². The number of ketones is 1. The highest BCUT2D eigenvalue weighted by molar-refractivity contribution is 8.18. The second kappa shape index (κ2) is 18.3. The van der Waals surface area contributed by atoms with Gasteiger partial charge in [-0.05, 0) is 77.2 Å². The smallest absolute Gasteiger partial charge is 0.290 e. The summed E-state index contributed by atoms with van der Waals surface area (Å²) < 4.78 is 44.7. The van der Waals surface area contributed by atoms with Gasteiger partial charge in [-0.2, -0.15) is 0 Å². The molecule has 2 N–H and O–H groups in total. The first-order chi connectivity index (χ1) is 28.9. The lowest BCUT2D eigenvalue weighted by Crippen LogP contribution is -2.45. The predicted octanol–water partition coefficient (Wildman–Crippen LogP) is 8.42. The van der Waals surface area contributed by atoms with Crippen molar-refractivity contribution in [3.05, 3.63) is 183 Å². The van der Waals surface area contributed by atoms with Crippen molar-refractivity contribution in [1.82, 2.24) is 20.4 Å². The molecule has 2 aliphatic heterocycles. The molecule has 0 unspecified atom stereocenters. The third kappa shape index (κ3) is 9.27. The quantitative estimate of drug-likeness (QED) is 0.0905. The van der Waals surface area contributed by atoms with E-state index < -0.39 is 63.4 Å². The number of benzene rings is 5. The zero-order valence-corrected chi connectivity index (χ0v) is 33.6. The lowest BCUT2D eigenvalue weighted by Gasteiger charge is -2.38. The van der Waals surface area contributed by atoms with Crippen LogP contribution in [0.25, 0.3) is 6.08 Å². The highest BCUT2D eigenvalue weighted by Crippen LogP contribution is 2.36. The van der Waals surface area contributed by atoms with Crippen LogP contribution in [0.15, 0.2) is 126 Å². The van der Waals surface area contributed by atoms with Crippen molar-refractivity contribution in [2.24, 2.45) is 5.92 Å². The molecule has 60 heavy (non-hydrogen) atoms. The molecule has 7 rings (SSSR count). The molecule has 0 spiro atoms. The van der Waals surface area contributed by atoms with E-state index in [1.54, 1.807) is 30.3 Å². The van der Waals surface area contributed by atoms with Crippen molar-refractivity contribution in [1.29, 1.82) is 0 Å². The number of nitrogens with zero attached hydrogens (tertiary/aromatic N) is 2. The molecular weight excluding hydrogens is 790 g/mol. The number of amides is 4. The van der Waals surface area contributed by atoms with Crippen LogP contribution in [-0.4, -0.2) is 70.3 Å². The third-order valence-electron chi connectivity index (χ3n) is 10.5. The molecule has 9 nitrogen and oxygen atoms in total. The van der Waals surface area contributed by atoms with Gasteiger partial charge in [0.1, 0.15) is 17.5 Å². The van der Waals surface area contributed by atoms with Gasteiger partial charge in [0.25, 0.3) is 23.0 Å². The molecule has 0 bridgehead atoms. The molecule has 2 fully saturated rings. The molecule has 306 valence electrons. The van der Waals surface area contributed by atoms with E-state index in [1.165, 1.54) is 17.0 Å². The Balaban J connectivity index is 1.23. The highest BCUT2D eigenvalue weighted by atomic mass is 32.2. The van der Waals surface area contributed by atoms with Gasteiger partial charge in [-0.3, -0.25) is 34.2 Å². The molecule has 2 saturated heterocycles. The van der Waals surface area contributed by atoms with Gasteiger partial charge >= 0.3 is 0 Å². The lowest BCUT2D eigenvalue weighted by molar-refractivity contribution is -0.115. The summed E-state index contributed by atoms with van der Waals surface area (Å²) in [7, 11) is 0. The second-order valence-corrected chi connectivity index (χ2v) is 16.1. The summed E-state index contributed by atoms with van der Waals surface area (Å²) in [4.78, 5) is 69.8. The summed E-state index contributed by atoms with van der Waals surface area (Å²) in [5.74, 6) is -5.60. The molecule has 2 heterocycles. The molecule has 5 aromatic carbocycles. The van der Waals surface area contributed by atoms with Crippen LogP contribution in [0, 0.1) is 23.4 Å². The Labute approximate surface area is 349 Å². The number of halogens is 3. The number of rotatable bonds is 13. The lowest BCUT2D eigenvalue weighted by atomic mass is 9.94. The molecule has 0 aromatic heterocycles. The van der Waals surface area contributed by atoms with Crippen molar-refractivity contribution in [2.75, 3.05) is 19.6 Å². The Morgan fingerprint density at radius 3 is 2.10 bits per heavy atom. The molecule has 0 saturated carbocycles. The minimum Gasteiger partial charge on any atom is -0.350 e. The van der Waals surface area contributed by atoms with Crippen LogP contribution in [0.3, 0.4) is 0 Å². The molecule has 4 amide bonds. The summed E-state index contributed by atoms with van der Waals surface area (Å²) in [6, 6.07) is 31.1. The van der Waals surface area contributed by atoms with Gasteiger partial charge in [-0.1, -0.05) is 98.8 Å². The summed E-state index contributed by atoms with van der Waals surface area (Å²) in [6.07, 6.45) is 1.91. The molecule has 2 atom stereocenters. The summed E-state index contributed by atoms with van der Waals surface area (Å²) in [6.45, 7) is 4.89. The van der Waals surface area contributed by atoms with E-state index in [9.17, 15) is 32.8 Å². The van der Waals surface area contributed by atoms with Gasteiger partial charge in [-0.25, -0.2) is 13.2 Å². The van der Waals surface area contributed by atoms with Gasteiger partial charge in [0, 0.05) is 42.9 Å². The third-order valence-corrected chi connectivity index (χ3v) is 11.3. The maximum absolute atomic E-state index is 16.0. The Morgan fingerprint density at radius 2 is 1.50 bits per heavy atom. The van der Waals surface area contributed by atoms with E-state index in [2.05, 4.69) is 53.6 Å². The first kappa shape index (κ1) is 41.8. The summed E-state index contributed by atoms with van der Waals surface area (Å²) in [5, 5.41) is 4.68. The van der Waals surface area contributed by atoms with Crippen molar-refractivity contribution >= 4 is 46.6 Å². The van der Waals surface area contributed by atoms with E-state index in [-0.39, 0.29) is 41.6 Å². The zero-order valence-electron chi connectivity index (χ0n) is 32.7. The Bertz CT molecular complexity index is 2430. The van der Waals surface area contributed by atoms with Crippen molar-refractivity contribution < 1.29 is 37.1 Å². The number of carbonyl (C=O) groups excluding carboxylic acids is 5. The van der Waals surface area contributed by atoms with Crippen LogP contribution in [0.5, 0.6) is 0 Å². The van der Waals surface area contributed by atoms with E-state index in [1.807, 2.05) is 36.4 Å². The van der Waals surface area contributed by atoms with Crippen LogP contribution in [-0.2, 0) is 4.79 Å². The molecule has 5 aromatic rings. The van der Waals surface area contributed by atoms with E-state index >= 15 is 4.39 Å².